The Labute approximate surface area is 158 Å². The van der Waals surface area contributed by atoms with Crippen molar-refractivity contribution in [2.75, 3.05) is 12.0 Å². The van der Waals surface area contributed by atoms with Gasteiger partial charge in [-0.15, -0.1) is 0 Å². The third kappa shape index (κ3) is 6.29. The van der Waals surface area contributed by atoms with Gasteiger partial charge in [0, 0.05) is 6.20 Å². The Morgan fingerprint density at radius 3 is 2.33 bits per heavy atom. The maximum absolute atomic E-state index is 12.7. The summed E-state index contributed by atoms with van der Waals surface area (Å²) >= 11 is 0. The first-order valence-corrected chi connectivity index (χ1v) is 8.48. The van der Waals surface area contributed by atoms with Gasteiger partial charge in [0.1, 0.15) is 17.2 Å². The Morgan fingerprint density at radius 1 is 1.11 bits per heavy atom. The Balaban J connectivity index is 2.33. The van der Waals surface area contributed by atoms with E-state index in [0.717, 1.165) is 5.56 Å². The first kappa shape index (κ1) is 20.2. The number of carbonyl (C=O) groups is 2. The zero-order chi connectivity index (χ0) is 20.0. The van der Waals surface area contributed by atoms with E-state index in [9.17, 15) is 9.59 Å². The second-order valence-electron chi connectivity index (χ2n) is 7.01. The number of hydrogen-bond donors (Lipinski definition) is 1. The molecule has 0 bridgehead atoms. The summed E-state index contributed by atoms with van der Waals surface area (Å²) in [6.45, 7) is 5.57. The van der Waals surface area contributed by atoms with E-state index in [1.54, 1.807) is 52.1 Å². The van der Waals surface area contributed by atoms with Crippen LogP contribution in [0.1, 0.15) is 31.9 Å². The number of pyridine rings is 1. The van der Waals surface area contributed by atoms with E-state index < -0.39 is 17.7 Å². The monoisotopic (exact) mass is 372 g/mol. The molecule has 0 unspecified atom stereocenters. The number of rotatable bonds is 6. The summed E-state index contributed by atoms with van der Waals surface area (Å²) in [7, 11) is 1.58. The van der Waals surface area contributed by atoms with Crippen LogP contribution in [0, 0.1) is 0 Å². The number of hydrogen-bond acceptors (Lipinski definition) is 5. The van der Waals surface area contributed by atoms with Gasteiger partial charge >= 0.3 is 12.1 Å². The SMILES string of the molecule is COc1ccc(CN(C(=O)OC(C)(C)C)c2cc(CC(=O)O)ccn2)cc1. The van der Waals surface area contributed by atoms with Crippen LogP contribution in [0.15, 0.2) is 42.6 Å². The topological polar surface area (TPSA) is 89.0 Å². The van der Waals surface area contributed by atoms with Gasteiger partial charge in [0.05, 0.1) is 20.1 Å². The highest BCUT2D eigenvalue weighted by Gasteiger charge is 2.25. The predicted molar refractivity (Wildman–Crippen MR) is 101 cm³/mol. The number of anilines is 1. The lowest BCUT2D eigenvalue weighted by atomic mass is 10.1. The minimum atomic E-state index is -0.953. The van der Waals surface area contributed by atoms with Crippen molar-refractivity contribution in [3.05, 3.63) is 53.7 Å². The van der Waals surface area contributed by atoms with Crippen molar-refractivity contribution in [2.45, 2.75) is 39.3 Å². The molecule has 0 saturated heterocycles. The number of carboxylic acids is 1. The number of amides is 1. The van der Waals surface area contributed by atoms with Gasteiger partial charge in [-0.1, -0.05) is 12.1 Å². The molecule has 0 saturated carbocycles. The number of nitrogens with zero attached hydrogens (tertiary/aromatic N) is 2. The molecule has 0 aliphatic carbocycles. The summed E-state index contributed by atoms with van der Waals surface area (Å²) in [5.74, 6) is 0.0917. The first-order chi connectivity index (χ1) is 12.7. The normalized spacial score (nSPS) is 11.0. The molecule has 7 heteroatoms. The van der Waals surface area contributed by atoms with E-state index in [1.165, 1.54) is 11.1 Å². The Hall–Kier alpha value is -3.09. The van der Waals surface area contributed by atoms with Crippen LogP contribution in [0.5, 0.6) is 5.75 Å². The molecule has 1 aromatic heterocycles. The number of carboxylic acid groups (broad SMARTS) is 1. The largest absolute Gasteiger partial charge is 0.497 e. The predicted octanol–water partition coefficient (Wildman–Crippen LogP) is 3.66. The van der Waals surface area contributed by atoms with Crippen molar-refractivity contribution in [1.29, 1.82) is 0 Å². The van der Waals surface area contributed by atoms with E-state index in [1.807, 2.05) is 12.1 Å². The average molecular weight is 372 g/mol. The Morgan fingerprint density at radius 2 is 1.78 bits per heavy atom. The number of benzene rings is 1. The molecule has 1 amide bonds. The highest BCUT2D eigenvalue weighted by atomic mass is 16.6. The lowest BCUT2D eigenvalue weighted by Gasteiger charge is -2.27. The Bertz CT molecular complexity index is 797. The van der Waals surface area contributed by atoms with E-state index in [4.69, 9.17) is 14.6 Å². The number of carbonyl (C=O) groups excluding carboxylic acids is 1. The summed E-state index contributed by atoms with van der Waals surface area (Å²) in [4.78, 5) is 29.4. The zero-order valence-corrected chi connectivity index (χ0v) is 15.9. The fourth-order valence-corrected chi connectivity index (χ4v) is 2.36. The highest BCUT2D eigenvalue weighted by Crippen LogP contribution is 2.21. The van der Waals surface area contributed by atoms with Gasteiger partial charge in [-0.05, 0) is 56.2 Å². The minimum absolute atomic E-state index is 0.153. The maximum Gasteiger partial charge on any atom is 0.416 e. The number of methoxy groups -OCH3 is 1. The van der Waals surface area contributed by atoms with Gasteiger partial charge in [-0.2, -0.15) is 0 Å². The molecular weight excluding hydrogens is 348 g/mol. The molecule has 7 nitrogen and oxygen atoms in total. The van der Waals surface area contributed by atoms with Gasteiger partial charge in [0.15, 0.2) is 0 Å². The average Bonchev–Trinajstić information content (AvgIpc) is 2.58. The van der Waals surface area contributed by atoms with Crippen LogP contribution in [0.4, 0.5) is 10.6 Å². The molecule has 2 aromatic rings. The number of aromatic nitrogens is 1. The summed E-state index contributed by atoms with van der Waals surface area (Å²) in [6, 6.07) is 10.5. The molecule has 0 fully saturated rings. The van der Waals surface area contributed by atoms with Gasteiger partial charge in [-0.25, -0.2) is 9.78 Å². The molecule has 0 aliphatic rings. The van der Waals surface area contributed by atoms with E-state index in [-0.39, 0.29) is 13.0 Å². The standard InChI is InChI=1S/C20H24N2O5/c1-20(2,3)27-19(25)22(13-14-5-7-16(26-4)8-6-14)17-11-15(9-10-21-17)12-18(23)24/h5-11H,12-13H2,1-4H3,(H,23,24). The molecule has 0 aliphatic heterocycles. The molecule has 0 atom stereocenters. The van der Waals surface area contributed by atoms with Crippen LogP contribution in [-0.4, -0.2) is 34.9 Å². The smallest absolute Gasteiger partial charge is 0.416 e. The van der Waals surface area contributed by atoms with Crippen molar-refractivity contribution < 1.29 is 24.2 Å². The lowest BCUT2D eigenvalue weighted by molar-refractivity contribution is -0.136. The van der Waals surface area contributed by atoms with E-state index >= 15 is 0 Å². The van der Waals surface area contributed by atoms with Crippen molar-refractivity contribution >= 4 is 17.9 Å². The molecule has 0 spiro atoms. The molecule has 0 radical (unpaired) electrons. The fraction of sp³-hybridized carbons (Fsp3) is 0.350. The summed E-state index contributed by atoms with van der Waals surface area (Å²) in [5.41, 5.74) is 0.733. The quantitative estimate of drug-likeness (QED) is 0.832. The zero-order valence-electron chi connectivity index (χ0n) is 15.9. The lowest BCUT2D eigenvalue weighted by Crippen LogP contribution is -2.37. The third-order valence-corrected chi connectivity index (χ3v) is 3.56. The molecule has 1 heterocycles. The summed E-state index contributed by atoms with van der Waals surface area (Å²) in [6.07, 6.45) is 0.775. The molecule has 27 heavy (non-hydrogen) atoms. The van der Waals surface area contributed by atoms with Crippen LogP contribution in [0.3, 0.4) is 0 Å². The van der Waals surface area contributed by atoms with Crippen LogP contribution in [-0.2, 0) is 22.5 Å². The van der Waals surface area contributed by atoms with E-state index in [0.29, 0.717) is 17.1 Å². The summed E-state index contributed by atoms with van der Waals surface area (Å²) < 4.78 is 10.6. The van der Waals surface area contributed by atoms with Gasteiger partial charge in [0.25, 0.3) is 0 Å². The maximum atomic E-state index is 12.7. The van der Waals surface area contributed by atoms with Crippen LogP contribution < -0.4 is 9.64 Å². The van der Waals surface area contributed by atoms with Crippen LogP contribution in [0.25, 0.3) is 0 Å². The van der Waals surface area contributed by atoms with Crippen LogP contribution >= 0.6 is 0 Å². The van der Waals surface area contributed by atoms with E-state index in [2.05, 4.69) is 4.98 Å². The van der Waals surface area contributed by atoms with Gasteiger partial charge in [-0.3, -0.25) is 9.69 Å². The molecule has 1 aromatic carbocycles. The van der Waals surface area contributed by atoms with Gasteiger partial charge in [0.2, 0.25) is 0 Å². The van der Waals surface area contributed by atoms with Gasteiger partial charge < -0.3 is 14.6 Å². The summed E-state index contributed by atoms with van der Waals surface area (Å²) in [5, 5.41) is 9.01. The Kier molecular flexibility index (Phi) is 6.39. The van der Waals surface area contributed by atoms with Crippen molar-refractivity contribution in [2.24, 2.45) is 0 Å². The first-order valence-electron chi connectivity index (χ1n) is 8.48. The minimum Gasteiger partial charge on any atom is -0.497 e. The second kappa shape index (κ2) is 8.53. The third-order valence-electron chi connectivity index (χ3n) is 3.56. The number of aliphatic carboxylic acids is 1. The molecule has 1 N–H and O–H groups in total. The van der Waals surface area contributed by atoms with Crippen molar-refractivity contribution in [1.82, 2.24) is 4.98 Å². The molecule has 144 valence electrons. The van der Waals surface area contributed by atoms with Crippen molar-refractivity contribution in [3.8, 4) is 5.75 Å². The molecule has 2 rings (SSSR count). The fourth-order valence-electron chi connectivity index (χ4n) is 2.36. The van der Waals surface area contributed by atoms with Crippen LogP contribution in [0.2, 0.25) is 0 Å². The second-order valence-corrected chi connectivity index (χ2v) is 7.01. The van der Waals surface area contributed by atoms with Crippen molar-refractivity contribution in [3.63, 3.8) is 0 Å². The highest BCUT2D eigenvalue weighted by molar-refractivity contribution is 5.87. The number of ether oxygens (including phenoxy) is 2. The molecular formula is C20H24N2O5.